The minimum absolute atomic E-state index is 0.000190. The molecule has 0 saturated carbocycles. The highest BCUT2D eigenvalue weighted by Crippen LogP contribution is 2.40. The number of likely N-dealkylation sites (tertiary alicyclic amines) is 2. The van der Waals surface area contributed by atoms with Crippen LogP contribution in [0.15, 0.2) is 43.1 Å². The van der Waals surface area contributed by atoms with Gasteiger partial charge in [0.25, 0.3) is 0 Å². The zero-order valence-corrected chi connectivity index (χ0v) is 27.8. The van der Waals surface area contributed by atoms with Gasteiger partial charge in [0.15, 0.2) is 5.82 Å². The number of anilines is 1. The Morgan fingerprint density at radius 2 is 2.04 bits per heavy atom. The second-order valence-corrected chi connectivity index (χ2v) is 13.5. The number of phenols is 1. The molecule has 0 aliphatic carbocycles. The smallest absolute Gasteiger partial charge is 0.319 e. The second-order valence-electron chi connectivity index (χ2n) is 13.5. The number of aromatic hydroxyl groups is 1. The van der Waals surface area contributed by atoms with Crippen LogP contribution >= 0.6 is 0 Å². The molecule has 0 bridgehead atoms. The minimum atomic E-state index is -0.798. The molecular weight excluding hydrogens is 614 g/mol. The Morgan fingerprint density at radius 3 is 2.77 bits per heavy atom. The number of piperidine rings is 1. The molecule has 250 valence electrons. The van der Waals surface area contributed by atoms with E-state index in [0.717, 1.165) is 32.2 Å². The number of hydrogen-bond donors (Lipinski definition) is 1. The van der Waals surface area contributed by atoms with Crippen LogP contribution in [0.2, 0.25) is 0 Å². The number of rotatable bonds is 8. The summed E-state index contributed by atoms with van der Waals surface area (Å²) >= 11 is 0. The third kappa shape index (κ3) is 6.01. The van der Waals surface area contributed by atoms with Gasteiger partial charge in [-0.3, -0.25) is 9.78 Å². The fourth-order valence-corrected chi connectivity index (χ4v) is 7.07. The number of terminal acetylenes is 1. The first-order valence-corrected chi connectivity index (χ1v) is 16.2. The summed E-state index contributed by atoms with van der Waals surface area (Å²) in [5.41, 5.74) is -0.343. The number of pyridine rings is 1. The molecule has 2 atom stereocenters. The van der Waals surface area contributed by atoms with Gasteiger partial charge in [-0.25, -0.2) is 8.78 Å². The van der Waals surface area contributed by atoms with Crippen molar-refractivity contribution < 1.29 is 23.4 Å². The highest BCUT2D eigenvalue weighted by molar-refractivity contribution is 6.03. The summed E-state index contributed by atoms with van der Waals surface area (Å²) in [5, 5.41) is 11.6. The van der Waals surface area contributed by atoms with Gasteiger partial charge in [-0.1, -0.05) is 38.8 Å². The number of likely N-dealkylation sites (N-methyl/N-ethyl adjacent to an activating group) is 2. The lowest BCUT2D eigenvalue weighted by Crippen LogP contribution is -2.47. The van der Waals surface area contributed by atoms with E-state index in [1.54, 1.807) is 0 Å². The third-order valence-electron chi connectivity index (χ3n) is 9.96. The molecule has 2 aromatic heterocycles. The van der Waals surface area contributed by atoms with Crippen molar-refractivity contribution in [2.24, 2.45) is 5.41 Å². The van der Waals surface area contributed by atoms with Crippen molar-refractivity contribution in [3.05, 3.63) is 60.3 Å². The molecule has 1 N–H and O–H groups in total. The minimum Gasteiger partial charge on any atom is -0.508 e. The Bertz CT molecular complexity index is 1960. The fourth-order valence-electron chi connectivity index (χ4n) is 7.07. The van der Waals surface area contributed by atoms with Crippen molar-refractivity contribution in [1.82, 2.24) is 24.8 Å². The second kappa shape index (κ2) is 13.0. The summed E-state index contributed by atoms with van der Waals surface area (Å²) in [7, 11) is 3.89. The van der Waals surface area contributed by atoms with E-state index < -0.39 is 11.6 Å². The number of fused-ring (bicyclic) bond motifs is 2. The molecule has 9 nitrogen and oxygen atoms in total. The average molecular weight is 655 g/mol. The molecule has 2 aliphatic heterocycles. The zero-order chi connectivity index (χ0) is 34.3. The number of benzene rings is 2. The van der Waals surface area contributed by atoms with Gasteiger partial charge in [-0.15, -0.1) is 6.42 Å². The van der Waals surface area contributed by atoms with E-state index >= 15 is 4.39 Å². The first kappa shape index (κ1) is 33.1. The van der Waals surface area contributed by atoms with Crippen LogP contribution in [0.3, 0.4) is 0 Å². The molecule has 6 rings (SSSR count). The highest BCUT2D eigenvalue weighted by atomic mass is 19.1. The van der Waals surface area contributed by atoms with Crippen LogP contribution in [0.4, 0.5) is 14.6 Å². The first-order chi connectivity index (χ1) is 22.9. The van der Waals surface area contributed by atoms with Crippen LogP contribution in [-0.2, 0) is 4.79 Å². The molecule has 0 unspecified atom stereocenters. The lowest BCUT2D eigenvalue weighted by atomic mass is 9.84. The molecule has 2 aliphatic rings. The zero-order valence-electron chi connectivity index (χ0n) is 27.8. The predicted molar refractivity (Wildman–Crippen MR) is 183 cm³/mol. The van der Waals surface area contributed by atoms with E-state index in [1.807, 2.05) is 16.8 Å². The van der Waals surface area contributed by atoms with E-state index in [9.17, 15) is 14.3 Å². The molecule has 11 heteroatoms. The molecule has 1 amide bonds. The number of hydrogen-bond acceptors (Lipinski definition) is 8. The number of nitrogens with zero attached hydrogens (tertiary/aromatic N) is 6. The topological polar surface area (TPSA) is 94.9 Å². The highest BCUT2D eigenvalue weighted by Gasteiger charge is 2.42. The van der Waals surface area contributed by atoms with E-state index in [2.05, 4.69) is 48.3 Å². The van der Waals surface area contributed by atoms with E-state index in [-0.39, 0.29) is 62.9 Å². The Balaban J connectivity index is 1.49. The SMILES string of the molecule is C#Cc1c(F)ccc2cc(O)cc(-c3ncc4c(N(C)C[C@H]5N(C(=O)C=C)CCC5(C)C)nc(OC[C@H]5CCCCN5C)nc4c3F)c12. The Hall–Kier alpha value is -4.82. The first-order valence-electron chi connectivity index (χ1n) is 16.2. The Kier molecular flexibility index (Phi) is 8.96. The van der Waals surface area contributed by atoms with Crippen molar-refractivity contribution in [2.75, 3.05) is 45.2 Å². The van der Waals surface area contributed by atoms with Crippen molar-refractivity contribution in [3.8, 4) is 35.4 Å². The molecule has 2 saturated heterocycles. The van der Waals surface area contributed by atoms with Crippen LogP contribution in [0.5, 0.6) is 11.8 Å². The summed E-state index contributed by atoms with van der Waals surface area (Å²) in [4.78, 5) is 32.5. The molecular formula is C37H40F2N6O3. The van der Waals surface area contributed by atoms with E-state index in [4.69, 9.17) is 16.1 Å². The standard InChI is InChI=1S/C37H40F2N6O3/c1-7-25-28(38)13-12-22-17-24(46)18-26(31(22)25)33-32(39)34-27(19-40-33)35(42-36(41-34)48-21-23-11-9-10-15-43(23)5)44(6)20-29-37(3,4)14-16-45(29)30(47)8-2/h1,8,12-13,17-19,23,29,46H,2,9-11,14-16,20-21H2,3-6H3/t23-,29-/m1/s1. The number of carbonyl (C=O) groups excluding carboxylic acids is 1. The van der Waals surface area contributed by atoms with Crippen LogP contribution in [0.25, 0.3) is 32.9 Å². The maximum absolute atomic E-state index is 16.8. The maximum atomic E-state index is 16.8. The fraction of sp³-hybridized carbons (Fsp3) is 0.405. The lowest BCUT2D eigenvalue weighted by Gasteiger charge is -2.36. The van der Waals surface area contributed by atoms with Crippen LogP contribution < -0.4 is 9.64 Å². The van der Waals surface area contributed by atoms with Crippen molar-refractivity contribution in [3.63, 3.8) is 0 Å². The number of phenolic OH excluding ortho intramolecular Hbond substituents is 1. The monoisotopic (exact) mass is 654 g/mol. The molecule has 48 heavy (non-hydrogen) atoms. The van der Waals surface area contributed by atoms with Gasteiger partial charge in [0.1, 0.15) is 35.2 Å². The normalized spacial score (nSPS) is 19.4. The predicted octanol–water partition coefficient (Wildman–Crippen LogP) is 5.92. The molecule has 2 aromatic carbocycles. The number of ether oxygens (including phenoxy) is 1. The van der Waals surface area contributed by atoms with Gasteiger partial charge in [0.05, 0.1) is 17.0 Å². The van der Waals surface area contributed by atoms with E-state index in [1.165, 1.54) is 36.5 Å². The number of aromatic nitrogens is 3. The number of carbonyl (C=O) groups is 1. The van der Waals surface area contributed by atoms with Crippen LogP contribution in [-0.4, -0.2) is 88.2 Å². The molecule has 0 spiro atoms. The van der Waals surface area contributed by atoms with Crippen molar-refractivity contribution >= 4 is 33.4 Å². The summed E-state index contributed by atoms with van der Waals surface area (Å²) in [6, 6.07) is 5.42. The summed E-state index contributed by atoms with van der Waals surface area (Å²) < 4.78 is 37.9. The number of halogens is 2. The van der Waals surface area contributed by atoms with Gasteiger partial charge >= 0.3 is 6.01 Å². The van der Waals surface area contributed by atoms with Gasteiger partial charge in [-0.05, 0) is 67.9 Å². The van der Waals surface area contributed by atoms with Crippen LogP contribution in [0.1, 0.15) is 45.1 Å². The van der Waals surface area contributed by atoms with Gasteiger partial charge in [0, 0.05) is 43.3 Å². The van der Waals surface area contributed by atoms with Gasteiger partial charge < -0.3 is 24.5 Å². The molecule has 2 fully saturated rings. The van der Waals surface area contributed by atoms with Crippen molar-refractivity contribution in [1.29, 1.82) is 0 Å². The quantitative estimate of drug-likeness (QED) is 0.185. The van der Waals surface area contributed by atoms with Gasteiger partial charge in [0.2, 0.25) is 5.91 Å². The maximum Gasteiger partial charge on any atom is 0.319 e. The molecule has 4 aromatic rings. The Labute approximate surface area is 279 Å². The third-order valence-corrected chi connectivity index (χ3v) is 9.96. The molecule has 4 heterocycles. The van der Waals surface area contributed by atoms with Gasteiger partial charge in [-0.2, -0.15) is 9.97 Å². The summed E-state index contributed by atoms with van der Waals surface area (Å²) in [5.74, 6) is 1.00. The van der Waals surface area contributed by atoms with E-state index in [0.29, 0.717) is 36.3 Å². The largest absolute Gasteiger partial charge is 0.508 e. The molecule has 0 radical (unpaired) electrons. The summed E-state index contributed by atoms with van der Waals surface area (Å²) in [6.45, 7) is 10.2. The summed E-state index contributed by atoms with van der Waals surface area (Å²) in [6.07, 6.45) is 12.5. The number of amides is 1. The van der Waals surface area contributed by atoms with Crippen LogP contribution in [0, 0.1) is 29.4 Å². The average Bonchev–Trinajstić information content (AvgIpc) is 3.36. The lowest BCUT2D eigenvalue weighted by molar-refractivity contribution is -0.127. The van der Waals surface area contributed by atoms with Crippen molar-refractivity contribution in [2.45, 2.75) is 51.6 Å². The Morgan fingerprint density at radius 1 is 1.25 bits per heavy atom.